The zero-order chi connectivity index (χ0) is 31.5. The molecule has 0 bridgehead atoms. The van der Waals surface area contributed by atoms with Gasteiger partial charge in [0, 0.05) is 17.7 Å². The maximum absolute atomic E-state index is 14.0. The molecule has 0 radical (unpaired) electrons. The topological polar surface area (TPSA) is 85.7 Å². The number of rotatable bonds is 9. The predicted octanol–water partition coefficient (Wildman–Crippen LogP) is 6.55. The summed E-state index contributed by atoms with van der Waals surface area (Å²) in [5.41, 5.74) is 4.86. The first-order valence-corrected chi connectivity index (χ1v) is 16.2. The zero-order valence-electron chi connectivity index (χ0n) is 25.0. The molecule has 45 heavy (non-hydrogen) atoms. The van der Waals surface area contributed by atoms with Crippen LogP contribution in [0.5, 0.6) is 11.5 Å². The van der Waals surface area contributed by atoms with Crippen molar-refractivity contribution in [2.75, 3.05) is 31.4 Å². The second kappa shape index (κ2) is 13.2. The summed E-state index contributed by atoms with van der Waals surface area (Å²) in [6.07, 6.45) is 0. The highest BCUT2D eigenvalue weighted by Gasteiger charge is 2.39. The maximum Gasteiger partial charge on any atom is 0.240 e. The van der Waals surface area contributed by atoms with Crippen LogP contribution in [0.15, 0.2) is 84.2 Å². The first-order chi connectivity index (χ1) is 21.9. The molecule has 0 aliphatic carbocycles. The van der Waals surface area contributed by atoms with Crippen molar-refractivity contribution in [1.29, 1.82) is 0 Å². The second-order valence-corrected chi connectivity index (χ2v) is 12.5. The van der Waals surface area contributed by atoms with Crippen LogP contribution in [-0.2, 0) is 16.1 Å². The van der Waals surface area contributed by atoms with Gasteiger partial charge in [-0.25, -0.2) is 9.07 Å². The summed E-state index contributed by atoms with van der Waals surface area (Å²) >= 11 is 3.02. The van der Waals surface area contributed by atoms with Crippen molar-refractivity contribution in [3.05, 3.63) is 112 Å². The molecule has 0 saturated heterocycles. The van der Waals surface area contributed by atoms with Gasteiger partial charge in [0.15, 0.2) is 0 Å². The third-order valence-electron chi connectivity index (χ3n) is 7.61. The molecule has 0 saturated carbocycles. The molecular formula is C34H31FN4O4S2. The lowest BCUT2D eigenvalue weighted by atomic mass is 10.0. The fraction of sp³-hybridized carbons (Fsp3) is 0.206. The Labute approximate surface area is 268 Å². The van der Waals surface area contributed by atoms with Crippen LogP contribution in [0.4, 0.5) is 10.2 Å². The molecule has 2 amide bonds. The van der Waals surface area contributed by atoms with E-state index in [0.29, 0.717) is 17.3 Å². The molecule has 1 unspecified atom stereocenters. The molecule has 3 heterocycles. The fourth-order valence-corrected chi connectivity index (χ4v) is 7.31. The number of methoxy groups -OCH3 is 2. The number of hydrogen-bond acceptors (Lipinski definition) is 7. The number of thiophene rings is 1. The van der Waals surface area contributed by atoms with E-state index in [1.807, 2.05) is 66.9 Å². The molecule has 1 N–H and O–H groups in total. The molecule has 1 atom stereocenters. The van der Waals surface area contributed by atoms with Crippen LogP contribution < -0.4 is 19.7 Å². The normalized spacial score (nSPS) is 14.5. The number of nitrogens with zero attached hydrogens (tertiary/aromatic N) is 3. The lowest BCUT2D eigenvalue weighted by Gasteiger charge is -2.24. The Bertz CT molecular complexity index is 1840. The first-order valence-electron chi connectivity index (χ1n) is 14.3. The molecule has 0 fully saturated rings. The molecule has 1 aliphatic rings. The number of thioether (sulfide) groups is 1. The summed E-state index contributed by atoms with van der Waals surface area (Å²) in [7, 11) is 3.23. The van der Waals surface area contributed by atoms with Gasteiger partial charge >= 0.3 is 0 Å². The number of ether oxygens (including phenoxy) is 2. The highest BCUT2D eigenvalue weighted by atomic mass is 32.2. The van der Waals surface area contributed by atoms with Crippen molar-refractivity contribution in [2.45, 2.75) is 18.7 Å². The number of amides is 2. The Morgan fingerprint density at radius 2 is 1.84 bits per heavy atom. The number of carbonyl (C=O) groups excluding carboxylic acids is 2. The van der Waals surface area contributed by atoms with Gasteiger partial charge in [0.2, 0.25) is 11.8 Å². The van der Waals surface area contributed by atoms with E-state index < -0.39 is 0 Å². The van der Waals surface area contributed by atoms with Crippen molar-refractivity contribution in [3.8, 4) is 27.8 Å². The fourth-order valence-electron chi connectivity index (χ4n) is 5.38. The van der Waals surface area contributed by atoms with Gasteiger partial charge in [-0.3, -0.25) is 14.5 Å². The van der Waals surface area contributed by atoms with Crippen LogP contribution in [0.3, 0.4) is 0 Å². The number of anilines is 1. The molecular weight excluding hydrogens is 612 g/mol. The summed E-state index contributed by atoms with van der Waals surface area (Å²) in [5, 5.41) is 9.66. The van der Waals surface area contributed by atoms with E-state index in [1.165, 1.54) is 28.8 Å². The third-order valence-corrected chi connectivity index (χ3v) is 9.72. The molecule has 2 aromatic heterocycles. The van der Waals surface area contributed by atoms with Gasteiger partial charge in [-0.1, -0.05) is 36.4 Å². The number of aromatic nitrogens is 2. The minimum atomic E-state index is -0.379. The van der Waals surface area contributed by atoms with Crippen molar-refractivity contribution in [1.82, 2.24) is 15.1 Å². The Morgan fingerprint density at radius 1 is 1.04 bits per heavy atom. The average Bonchev–Trinajstić information content (AvgIpc) is 3.70. The predicted molar refractivity (Wildman–Crippen MR) is 176 cm³/mol. The number of carbonyl (C=O) groups is 2. The molecule has 0 spiro atoms. The number of aryl methyl sites for hydroxylation is 1. The Morgan fingerprint density at radius 3 is 2.56 bits per heavy atom. The van der Waals surface area contributed by atoms with Gasteiger partial charge in [-0.2, -0.15) is 5.10 Å². The monoisotopic (exact) mass is 642 g/mol. The smallest absolute Gasteiger partial charge is 0.240 e. The lowest BCUT2D eigenvalue weighted by molar-refractivity contribution is -0.123. The van der Waals surface area contributed by atoms with Crippen LogP contribution in [0, 0.1) is 12.7 Å². The molecule has 5 aromatic rings. The highest BCUT2D eigenvalue weighted by molar-refractivity contribution is 8.00. The number of hydrogen-bond donors (Lipinski definition) is 1. The van der Waals surface area contributed by atoms with Crippen molar-refractivity contribution in [2.24, 2.45) is 0 Å². The molecule has 3 aromatic carbocycles. The van der Waals surface area contributed by atoms with Gasteiger partial charge in [-0.05, 0) is 65.9 Å². The van der Waals surface area contributed by atoms with Crippen LogP contribution in [0.25, 0.3) is 16.3 Å². The molecule has 6 rings (SSSR count). The van der Waals surface area contributed by atoms with E-state index in [1.54, 1.807) is 42.4 Å². The van der Waals surface area contributed by atoms with E-state index in [4.69, 9.17) is 14.6 Å². The highest BCUT2D eigenvalue weighted by Crippen LogP contribution is 2.51. The summed E-state index contributed by atoms with van der Waals surface area (Å²) in [5.74, 6) is 1.02. The second-order valence-electron chi connectivity index (χ2n) is 10.4. The quantitative estimate of drug-likeness (QED) is 0.196. The van der Waals surface area contributed by atoms with Gasteiger partial charge < -0.3 is 14.8 Å². The number of fused-ring (bicyclic) bond motifs is 1. The first kappa shape index (κ1) is 30.4. The van der Waals surface area contributed by atoms with E-state index >= 15 is 0 Å². The Kier molecular flexibility index (Phi) is 8.90. The zero-order valence-corrected chi connectivity index (χ0v) is 26.6. The van der Waals surface area contributed by atoms with Crippen molar-refractivity contribution >= 4 is 40.7 Å². The maximum atomic E-state index is 14.0. The van der Waals surface area contributed by atoms with Crippen LogP contribution in [0.1, 0.15) is 27.5 Å². The third kappa shape index (κ3) is 6.18. The summed E-state index contributed by atoms with van der Waals surface area (Å²) < 4.78 is 26.6. The average molecular weight is 643 g/mol. The van der Waals surface area contributed by atoms with Crippen molar-refractivity contribution in [3.63, 3.8) is 0 Å². The summed E-state index contributed by atoms with van der Waals surface area (Å²) in [4.78, 5) is 30.0. The van der Waals surface area contributed by atoms with Gasteiger partial charge in [0.1, 0.15) is 35.4 Å². The standard InChI is InChI=1S/C34H31FN4O4S2/c1-21-7-4-5-8-26(21)39-34-31(32(37-39)28-9-6-16-44-28)33(25-17-24(42-2)14-15-27(25)43-3)45-20-30(41)38(34)19-29(40)36-18-22-10-12-23(35)13-11-22/h4-17,33H,18-20H2,1-3H3,(H,36,40). The molecule has 1 aliphatic heterocycles. The van der Waals surface area contributed by atoms with E-state index in [2.05, 4.69) is 5.32 Å². The minimum absolute atomic E-state index is 0.114. The van der Waals surface area contributed by atoms with Crippen LogP contribution in [-0.4, -0.2) is 48.1 Å². The Hall–Kier alpha value is -4.61. The molecule has 8 nitrogen and oxygen atoms in total. The Balaban J connectivity index is 1.53. The van der Waals surface area contributed by atoms with E-state index in [0.717, 1.165) is 38.5 Å². The lowest BCUT2D eigenvalue weighted by Crippen LogP contribution is -2.42. The number of para-hydroxylation sites is 1. The van der Waals surface area contributed by atoms with E-state index in [9.17, 15) is 14.0 Å². The largest absolute Gasteiger partial charge is 0.497 e. The van der Waals surface area contributed by atoms with Gasteiger partial charge in [0.25, 0.3) is 0 Å². The molecule has 230 valence electrons. The van der Waals surface area contributed by atoms with Crippen molar-refractivity contribution < 1.29 is 23.5 Å². The van der Waals surface area contributed by atoms with Crippen LogP contribution >= 0.6 is 23.1 Å². The van der Waals surface area contributed by atoms with Gasteiger partial charge in [0.05, 0.1) is 35.8 Å². The van der Waals surface area contributed by atoms with E-state index in [-0.39, 0.29) is 41.7 Å². The van der Waals surface area contributed by atoms with Gasteiger partial charge in [-0.15, -0.1) is 23.1 Å². The molecule has 11 heteroatoms. The summed E-state index contributed by atoms with van der Waals surface area (Å²) in [6.45, 7) is 1.96. The number of halogens is 1. The summed E-state index contributed by atoms with van der Waals surface area (Å²) in [6, 6.07) is 23.4. The van der Waals surface area contributed by atoms with Crippen LogP contribution in [0.2, 0.25) is 0 Å². The number of nitrogens with one attached hydrogen (secondary N) is 1. The number of benzene rings is 3. The SMILES string of the molecule is COc1ccc(OC)c(C2SCC(=O)N(CC(=O)NCc3ccc(F)cc3)c3c2c(-c2cccs2)nn3-c2ccccc2C)c1. The minimum Gasteiger partial charge on any atom is -0.497 e.